The number of benzene rings is 1. The molecule has 0 spiro atoms. The van der Waals surface area contributed by atoms with Gasteiger partial charge in [0.2, 0.25) is 0 Å². The number of nitrogens with one attached hydrogen (secondary N) is 1. The van der Waals surface area contributed by atoms with Crippen LogP contribution in [0.2, 0.25) is 0 Å². The highest BCUT2D eigenvalue weighted by Gasteiger charge is 2.16. The van der Waals surface area contributed by atoms with Crippen LogP contribution < -0.4 is 11.2 Å². The third-order valence-electron chi connectivity index (χ3n) is 2.93. The third-order valence-corrected chi connectivity index (χ3v) is 2.93. The monoisotopic (exact) mass is 249 g/mol. The van der Waals surface area contributed by atoms with E-state index >= 15 is 0 Å². The second kappa shape index (κ2) is 5.98. The highest BCUT2D eigenvalue weighted by Crippen LogP contribution is 2.17. The topological polar surface area (TPSA) is 58.4 Å². The van der Waals surface area contributed by atoms with Crippen molar-refractivity contribution >= 4 is 5.91 Å². The summed E-state index contributed by atoms with van der Waals surface area (Å²) < 4.78 is 0. The van der Waals surface area contributed by atoms with Crippen molar-refractivity contribution in [1.82, 2.24) is 10.4 Å². The first-order valence-corrected chi connectivity index (χ1v) is 6.11. The summed E-state index contributed by atoms with van der Waals surface area (Å²) in [5, 5.41) is 1.61. The van der Waals surface area contributed by atoms with Gasteiger partial charge in [0, 0.05) is 14.1 Å². The fourth-order valence-electron chi connectivity index (χ4n) is 2.15. The van der Waals surface area contributed by atoms with Gasteiger partial charge in [0.05, 0.1) is 6.04 Å². The molecule has 1 aromatic rings. The van der Waals surface area contributed by atoms with E-state index in [4.69, 9.17) is 5.73 Å². The van der Waals surface area contributed by atoms with Crippen molar-refractivity contribution < 1.29 is 4.79 Å². The van der Waals surface area contributed by atoms with Gasteiger partial charge < -0.3 is 5.73 Å². The van der Waals surface area contributed by atoms with Gasteiger partial charge in [0.15, 0.2) is 0 Å². The first kappa shape index (κ1) is 14.7. The summed E-state index contributed by atoms with van der Waals surface area (Å²) >= 11 is 0. The van der Waals surface area contributed by atoms with E-state index < -0.39 is 6.04 Å². The van der Waals surface area contributed by atoms with E-state index in [2.05, 4.69) is 38.3 Å². The minimum atomic E-state index is -0.521. The molecular weight excluding hydrogens is 226 g/mol. The Morgan fingerprint density at radius 3 is 2.22 bits per heavy atom. The highest BCUT2D eigenvalue weighted by atomic mass is 16.2. The summed E-state index contributed by atoms with van der Waals surface area (Å²) in [6.07, 6.45) is 0.567. The average molecular weight is 249 g/mol. The minimum absolute atomic E-state index is 0.153. The lowest BCUT2D eigenvalue weighted by molar-refractivity contribution is -0.126. The molecular formula is C14H23N3O. The van der Waals surface area contributed by atoms with Gasteiger partial charge in [0.25, 0.3) is 5.91 Å². The van der Waals surface area contributed by atoms with Crippen molar-refractivity contribution in [1.29, 1.82) is 0 Å². The molecule has 0 heterocycles. The van der Waals surface area contributed by atoms with E-state index in [1.807, 2.05) is 0 Å². The number of hydrogen-bond acceptors (Lipinski definition) is 3. The fraction of sp³-hybridized carbons (Fsp3) is 0.500. The Morgan fingerprint density at radius 2 is 1.78 bits per heavy atom. The number of hydrogen-bond donors (Lipinski definition) is 2. The van der Waals surface area contributed by atoms with Gasteiger partial charge in [0.1, 0.15) is 0 Å². The van der Waals surface area contributed by atoms with Crippen LogP contribution in [0.1, 0.15) is 22.3 Å². The maximum atomic E-state index is 11.8. The van der Waals surface area contributed by atoms with E-state index in [-0.39, 0.29) is 5.91 Å². The molecule has 0 aliphatic rings. The largest absolute Gasteiger partial charge is 0.320 e. The molecule has 1 atom stereocenters. The van der Waals surface area contributed by atoms with Crippen LogP contribution in [0.4, 0.5) is 0 Å². The normalized spacial score (nSPS) is 12.6. The third kappa shape index (κ3) is 3.82. The van der Waals surface area contributed by atoms with Gasteiger partial charge >= 0.3 is 0 Å². The van der Waals surface area contributed by atoms with Crippen LogP contribution in [0.15, 0.2) is 12.1 Å². The van der Waals surface area contributed by atoms with Crippen LogP contribution in [0.5, 0.6) is 0 Å². The summed E-state index contributed by atoms with van der Waals surface area (Å²) in [7, 11) is 3.54. The van der Waals surface area contributed by atoms with Crippen molar-refractivity contribution in [3.63, 3.8) is 0 Å². The smallest absolute Gasteiger partial charge is 0.251 e. The van der Waals surface area contributed by atoms with E-state index in [0.29, 0.717) is 6.42 Å². The molecule has 1 aromatic carbocycles. The average Bonchev–Trinajstić information content (AvgIpc) is 2.21. The highest BCUT2D eigenvalue weighted by molar-refractivity contribution is 5.81. The molecule has 0 aliphatic carbocycles. The SMILES string of the molecule is Cc1cc(C)c(CC(N)C(=O)NN(C)C)c(C)c1. The predicted octanol–water partition coefficient (Wildman–Crippen LogP) is 1.07. The zero-order valence-electron chi connectivity index (χ0n) is 11.9. The number of nitrogens with zero attached hydrogens (tertiary/aromatic N) is 1. The maximum absolute atomic E-state index is 11.8. The molecule has 0 bridgehead atoms. The standard InChI is InChI=1S/C14H23N3O/c1-9-6-10(2)12(11(3)7-9)8-13(15)14(18)16-17(4)5/h6-7,13H,8,15H2,1-5H3,(H,16,18). The van der Waals surface area contributed by atoms with Gasteiger partial charge in [-0.3, -0.25) is 10.2 Å². The first-order chi connectivity index (χ1) is 8.31. The van der Waals surface area contributed by atoms with Crippen LogP contribution in [0.25, 0.3) is 0 Å². The number of hydrazine groups is 1. The molecule has 0 saturated carbocycles. The number of amides is 1. The van der Waals surface area contributed by atoms with Crippen molar-refractivity contribution in [3.05, 3.63) is 34.4 Å². The number of nitrogens with two attached hydrogens (primary N) is 1. The van der Waals surface area contributed by atoms with Gasteiger partial charge in [-0.25, -0.2) is 5.01 Å². The Balaban J connectivity index is 2.82. The van der Waals surface area contributed by atoms with Gasteiger partial charge in [-0.2, -0.15) is 0 Å². The summed E-state index contributed by atoms with van der Waals surface area (Å²) in [6, 6.07) is 3.73. The molecule has 100 valence electrons. The molecule has 1 unspecified atom stereocenters. The number of rotatable bonds is 4. The van der Waals surface area contributed by atoms with Crippen molar-refractivity contribution in [2.24, 2.45) is 5.73 Å². The molecule has 0 aliphatic heterocycles. The molecule has 0 fully saturated rings. The molecule has 0 radical (unpaired) electrons. The maximum Gasteiger partial charge on any atom is 0.251 e. The lowest BCUT2D eigenvalue weighted by atomic mass is 9.94. The van der Waals surface area contributed by atoms with E-state index in [1.54, 1.807) is 19.1 Å². The number of carbonyl (C=O) groups excluding carboxylic acids is 1. The molecule has 18 heavy (non-hydrogen) atoms. The van der Waals surface area contributed by atoms with Crippen LogP contribution >= 0.6 is 0 Å². The first-order valence-electron chi connectivity index (χ1n) is 6.11. The second-order valence-electron chi connectivity index (χ2n) is 5.06. The Morgan fingerprint density at radius 1 is 1.28 bits per heavy atom. The summed E-state index contributed by atoms with van der Waals surface area (Å²) in [6.45, 7) is 6.19. The zero-order chi connectivity index (χ0) is 13.9. The lowest BCUT2D eigenvalue weighted by Crippen LogP contribution is -2.47. The molecule has 1 rings (SSSR count). The van der Waals surface area contributed by atoms with E-state index in [9.17, 15) is 4.79 Å². The van der Waals surface area contributed by atoms with Crippen LogP contribution in [-0.4, -0.2) is 31.1 Å². The van der Waals surface area contributed by atoms with Gasteiger partial charge in [-0.05, 0) is 43.9 Å². The summed E-state index contributed by atoms with van der Waals surface area (Å²) in [5.74, 6) is -0.153. The molecule has 4 heteroatoms. The molecule has 0 aromatic heterocycles. The summed E-state index contributed by atoms with van der Waals surface area (Å²) in [5.41, 5.74) is 13.4. The Kier molecular flexibility index (Phi) is 4.87. The van der Waals surface area contributed by atoms with E-state index in [1.165, 1.54) is 22.3 Å². The van der Waals surface area contributed by atoms with Crippen LogP contribution in [0.3, 0.4) is 0 Å². The van der Waals surface area contributed by atoms with Crippen LogP contribution in [0, 0.1) is 20.8 Å². The molecule has 4 nitrogen and oxygen atoms in total. The molecule has 1 amide bonds. The Hall–Kier alpha value is -1.39. The van der Waals surface area contributed by atoms with Crippen molar-refractivity contribution in [2.45, 2.75) is 33.2 Å². The fourth-order valence-corrected chi connectivity index (χ4v) is 2.15. The number of aryl methyl sites for hydroxylation is 3. The second-order valence-corrected chi connectivity index (χ2v) is 5.06. The lowest BCUT2D eigenvalue weighted by Gasteiger charge is -2.18. The summed E-state index contributed by atoms with van der Waals surface area (Å²) in [4.78, 5) is 11.8. The Labute approximate surface area is 109 Å². The Bertz CT molecular complexity index is 418. The van der Waals surface area contributed by atoms with Crippen LogP contribution in [-0.2, 0) is 11.2 Å². The molecule has 3 N–H and O–H groups in total. The zero-order valence-corrected chi connectivity index (χ0v) is 11.9. The predicted molar refractivity (Wildman–Crippen MR) is 74.2 cm³/mol. The van der Waals surface area contributed by atoms with Gasteiger partial charge in [-0.1, -0.05) is 17.7 Å². The number of carbonyl (C=O) groups is 1. The quantitative estimate of drug-likeness (QED) is 0.785. The van der Waals surface area contributed by atoms with Crippen molar-refractivity contribution in [3.8, 4) is 0 Å². The molecule has 0 saturated heterocycles. The van der Waals surface area contributed by atoms with Gasteiger partial charge in [-0.15, -0.1) is 0 Å². The minimum Gasteiger partial charge on any atom is -0.320 e. The van der Waals surface area contributed by atoms with E-state index in [0.717, 1.165) is 0 Å². The van der Waals surface area contributed by atoms with Crippen molar-refractivity contribution in [2.75, 3.05) is 14.1 Å².